The molecule has 1 heterocycles. The van der Waals surface area contributed by atoms with Gasteiger partial charge in [-0.25, -0.2) is 0 Å². The van der Waals surface area contributed by atoms with Crippen molar-refractivity contribution >= 4 is 23.6 Å². The van der Waals surface area contributed by atoms with E-state index in [1.165, 1.54) is 0 Å². The van der Waals surface area contributed by atoms with E-state index in [1.807, 2.05) is 20.8 Å². The van der Waals surface area contributed by atoms with Crippen LogP contribution in [0, 0.1) is 17.3 Å². The molecule has 1 aliphatic heterocycles. The molecule has 0 saturated carbocycles. The Morgan fingerprint density at radius 3 is 2.56 bits per heavy atom. The topological polar surface area (TPSA) is 66.4 Å². The van der Waals surface area contributed by atoms with Gasteiger partial charge in [0.15, 0.2) is 0 Å². The number of carbonyl (C=O) groups excluding carboxylic acids is 1. The lowest BCUT2D eigenvalue weighted by atomic mass is 9.84. The van der Waals surface area contributed by atoms with Crippen LogP contribution in [0.15, 0.2) is 0 Å². The van der Waals surface area contributed by atoms with E-state index in [2.05, 4.69) is 5.32 Å². The maximum absolute atomic E-state index is 11.8. The zero-order valence-corrected chi connectivity index (χ0v) is 12.2. The van der Waals surface area contributed by atoms with Crippen LogP contribution in [0.3, 0.4) is 0 Å². The average Bonchev–Trinajstić information content (AvgIpc) is 2.75. The second-order valence-electron chi connectivity index (χ2n) is 6.11. The van der Waals surface area contributed by atoms with Gasteiger partial charge in [-0.15, -0.1) is 0 Å². The summed E-state index contributed by atoms with van der Waals surface area (Å²) in [5, 5.41) is 12.0. The molecule has 1 aliphatic rings. The summed E-state index contributed by atoms with van der Waals surface area (Å²) in [4.78, 5) is 23.0. The van der Waals surface area contributed by atoms with Crippen molar-refractivity contribution in [2.45, 2.75) is 33.6 Å². The quantitative estimate of drug-likeness (QED) is 0.804. The number of amides is 1. The van der Waals surface area contributed by atoms with Gasteiger partial charge < -0.3 is 10.4 Å². The lowest BCUT2D eigenvalue weighted by Gasteiger charge is -2.23. The summed E-state index contributed by atoms with van der Waals surface area (Å²) in [5.74, 6) is 0.652. The molecule has 5 heteroatoms. The summed E-state index contributed by atoms with van der Waals surface area (Å²) in [6.45, 7) is 6.28. The molecule has 0 radical (unpaired) electrons. The van der Waals surface area contributed by atoms with Crippen LogP contribution in [-0.2, 0) is 9.59 Å². The van der Waals surface area contributed by atoms with Crippen molar-refractivity contribution in [1.82, 2.24) is 5.32 Å². The van der Waals surface area contributed by atoms with Crippen molar-refractivity contribution in [2.75, 3.05) is 18.1 Å². The summed E-state index contributed by atoms with van der Waals surface area (Å²) < 4.78 is 0. The molecule has 0 aromatic carbocycles. The number of aliphatic carboxylic acids is 1. The smallest absolute Gasteiger partial charge is 0.308 e. The molecule has 0 spiro atoms. The molecular weight excluding hydrogens is 250 g/mol. The lowest BCUT2D eigenvalue weighted by Crippen LogP contribution is -2.38. The number of rotatable bonds is 5. The maximum atomic E-state index is 11.8. The van der Waals surface area contributed by atoms with Gasteiger partial charge in [-0.1, -0.05) is 20.8 Å². The van der Waals surface area contributed by atoms with Crippen LogP contribution in [-0.4, -0.2) is 35.0 Å². The third-order valence-electron chi connectivity index (χ3n) is 3.03. The van der Waals surface area contributed by atoms with Crippen LogP contribution >= 0.6 is 11.8 Å². The Morgan fingerprint density at radius 1 is 1.44 bits per heavy atom. The molecule has 0 bridgehead atoms. The molecule has 18 heavy (non-hydrogen) atoms. The molecule has 2 unspecified atom stereocenters. The van der Waals surface area contributed by atoms with Crippen LogP contribution in [0.25, 0.3) is 0 Å². The minimum atomic E-state index is -0.828. The Balaban J connectivity index is 2.42. The monoisotopic (exact) mass is 273 g/mol. The fourth-order valence-electron chi connectivity index (χ4n) is 2.10. The van der Waals surface area contributed by atoms with Crippen molar-refractivity contribution in [3.8, 4) is 0 Å². The van der Waals surface area contributed by atoms with Gasteiger partial charge in [-0.3, -0.25) is 9.59 Å². The van der Waals surface area contributed by atoms with E-state index >= 15 is 0 Å². The minimum absolute atomic E-state index is 0.0140. The number of carbonyl (C=O) groups is 2. The molecule has 1 saturated heterocycles. The Labute approximate surface area is 113 Å². The second kappa shape index (κ2) is 6.45. The van der Waals surface area contributed by atoms with Gasteiger partial charge in [0.25, 0.3) is 0 Å². The molecule has 1 amide bonds. The highest BCUT2D eigenvalue weighted by Crippen LogP contribution is 2.25. The molecule has 2 atom stereocenters. The Hall–Kier alpha value is -0.710. The largest absolute Gasteiger partial charge is 0.481 e. The third kappa shape index (κ3) is 5.29. The van der Waals surface area contributed by atoms with Crippen LogP contribution in [0.1, 0.15) is 33.6 Å². The van der Waals surface area contributed by atoms with Gasteiger partial charge >= 0.3 is 5.97 Å². The first kappa shape index (κ1) is 15.3. The van der Waals surface area contributed by atoms with Gasteiger partial charge in [0, 0.05) is 18.2 Å². The molecule has 0 aromatic heterocycles. The van der Waals surface area contributed by atoms with Gasteiger partial charge in [0.2, 0.25) is 5.91 Å². The first-order chi connectivity index (χ1) is 8.29. The molecular formula is C13H23NO3S. The standard InChI is InChI=1S/C13H23NO3S/c1-13(2,3)6-10(12(16)17)7-14-11(15)9-4-5-18-8-9/h9-10H,4-8H2,1-3H3,(H,14,15)(H,16,17). The van der Waals surface area contributed by atoms with E-state index in [9.17, 15) is 9.59 Å². The number of carboxylic acids is 1. The number of nitrogens with one attached hydrogen (secondary N) is 1. The average molecular weight is 273 g/mol. The Bertz CT molecular complexity index is 306. The molecule has 0 aromatic rings. The van der Waals surface area contributed by atoms with Gasteiger partial charge in [-0.2, -0.15) is 11.8 Å². The predicted octanol–water partition coefficient (Wildman–Crippen LogP) is 1.99. The third-order valence-corrected chi connectivity index (χ3v) is 4.19. The second-order valence-corrected chi connectivity index (χ2v) is 7.26. The van der Waals surface area contributed by atoms with Crippen molar-refractivity contribution in [1.29, 1.82) is 0 Å². The van der Waals surface area contributed by atoms with Crippen molar-refractivity contribution in [3.63, 3.8) is 0 Å². The zero-order valence-electron chi connectivity index (χ0n) is 11.4. The first-order valence-electron chi connectivity index (χ1n) is 6.38. The maximum Gasteiger partial charge on any atom is 0.308 e. The summed E-state index contributed by atoms with van der Waals surface area (Å²) >= 11 is 1.78. The van der Waals surface area contributed by atoms with Gasteiger partial charge in [0.1, 0.15) is 0 Å². The fraction of sp³-hybridized carbons (Fsp3) is 0.846. The van der Waals surface area contributed by atoms with E-state index in [0.717, 1.165) is 17.9 Å². The van der Waals surface area contributed by atoms with E-state index in [1.54, 1.807) is 11.8 Å². The molecule has 0 aliphatic carbocycles. The molecule has 2 N–H and O–H groups in total. The summed E-state index contributed by atoms with van der Waals surface area (Å²) in [5.41, 5.74) is -0.0446. The van der Waals surface area contributed by atoms with Crippen LogP contribution < -0.4 is 5.32 Å². The molecule has 1 rings (SSSR count). The minimum Gasteiger partial charge on any atom is -0.481 e. The number of hydrogen-bond donors (Lipinski definition) is 2. The van der Waals surface area contributed by atoms with Crippen LogP contribution in [0.2, 0.25) is 0 Å². The zero-order chi connectivity index (χ0) is 13.8. The SMILES string of the molecule is CC(C)(C)CC(CNC(=O)C1CCSC1)C(=O)O. The van der Waals surface area contributed by atoms with Crippen molar-refractivity contribution in [3.05, 3.63) is 0 Å². The summed E-state index contributed by atoms with van der Waals surface area (Å²) in [7, 11) is 0. The summed E-state index contributed by atoms with van der Waals surface area (Å²) in [6.07, 6.45) is 1.48. The highest BCUT2D eigenvalue weighted by Gasteiger charge is 2.27. The predicted molar refractivity (Wildman–Crippen MR) is 73.6 cm³/mol. The van der Waals surface area contributed by atoms with E-state index in [0.29, 0.717) is 6.42 Å². The number of hydrogen-bond acceptors (Lipinski definition) is 3. The van der Waals surface area contributed by atoms with E-state index in [4.69, 9.17) is 5.11 Å². The first-order valence-corrected chi connectivity index (χ1v) is 7.53. The highest BCUT2D eigenvalue weighted by atomic mass is 32.2. The fourth-order valence-corrected chi connectivity index (χ4v) is 3.32. The Kier molecular flexibility index (Phi) is 5.50. The molecule has 4 nitrogen and oxygen atoms in total. The van der Waals surface area contributed by atoms with E-state index < -0.39 is 11.9 Å². The lowest BCUT2D eigenvalue weighted by molar-refractivity contribution is -0.142. The van der Waals surface area contributed by atoms with Gasteiger partial charge in [0.05, 0.1) is 5.92 Å². The van der Waals surface area contributed by atoms with Crippen molar-refractivity contribution < 1.29 is 14.7 Å². The molecule has 104 valence electrons. The van der Waals surface area contributed by atoms with Crippen LogP contribution in [0.4, 0.5) is 0 Å². The molecule has 1 fully saturated rings. The van der Waals surface area contributed by atoms with E-state index in [-0.39, 0.29) is 23.8 Å². The number of thioether (sulfide) groups is 1. The van der Waals surface area contributed by atoms with Crippen LogP contribution in [0.5, 0.6) is 0 Å². The van der Waals surface area contributed by atoms with Crippen molar-refractivity contribution in [2.24, 2.45) is 17.3 Å². The summed E-state index contributed by atoms with van der Waals surface area (Å²) in [6, 6.07) is 0. The van der Waals surface area contributed by atoms with Gasteiger partial charge in [-0.05, 0) is 24.0 Å². The highest BCUT2D eigenvalue weighted by molar-refractivity contribution is 7.99. The normalized spacial score (nSPS) is 21.6. The number of carboxylic acid groups (broad SMARTS) is 1. The Morgan fingerprint density at radius 2 is 2.11 bits per heavy atom.